The van der Waals surface area contributed by atoms with E-state index < -0.39 is 9.62 Å². The minimum Gasteiger partial charge on any atom is -0.497 e. The van der Waals surface area contributed by atoms with Crippen LogP contribution in [-0.2, 0) is 16.2 Å². The summed E-state index contributed by atoms with van der Waals surface area (Å²) < 4.78 is 27.9. The summed E-state index contributed by atoms with van der Waals surface area (Å²) in [6.45, 7) is 0.339. The van der Waals surface area contributed by atoms with Crippen LogP contribution < -0.4 is 9.47 Å². The Hall–Kier alpha value is -2.67. The lowest BCUT2D eigenvalue weighted by Gasteiger charge is -2.12. The van der Waals surface area contributed by atoms with Crippen molar-refractivity contribution < 1.29 is 9.47 Å². The molecular formula is C19H20N4O2S. The SMILES string of the molecule is COc1ccc2c(OCc3cccc(S(=N)(=N)C4CC4)c3)ncnc2c1. The van der Waals surface area contributed by atoms with Gasteiger partial charge in [-0.05, 0) is 52.3 Å². The van der Waals surface area contributed by atoms with Crippen LogP contribution in [0.15, 0.2) is 53.7 Å². The summed E-state index contributed by atoms with van der Waals surface area (Å²) in [5, 5.41) is 1.04. The Morgan fingerprint density at radius 3 is 2.73 bits per heavy atom. The maximum absolute atomic E-state index is 8.40. The zero-order valence-corrected chi connectivity index (χ0v) is 15.3. The van der Waals surface area contributed by atoms with Crippen molar-refractivity contribution in [3.8, 4) is 11.6 Å². The van der Waals surface area contributed by atoms with Crippen LogP contribution in [-0.4, -0.2) is 22.3 Å². The number of nitrogens with zero attached hydrogens (tertiary/aromatic N) is 2. The summed E-state index contributed by atoms with van der Waals surface area (Å²) in [5.41, 5.74) is 1.71. The summed E-state index contributed by atoms with van der Waals surface area (Å²) >= 11 is 0. The van der Waals surface area contributed by atoms with E-state index in [1.165, 1.54) is 6.33 Å². The molecular weight excluding hydrogens is 348 g/mol. The first-order valence-electron chi connectivity index (χ1n) is 8.40. The van der Waals surface area contributed by atoms with Crippen molar-refractivity contribution >= 4 is 20.5 Å². The van der Waals surface area contributed by atoms with Gasteiger partial charge in [-0.25, -0.2) is 9.97 Å². The predicted molar refractivity (Wildman–Crippen MR) is 101 cm³/mol. The van der Waals surface area contributed by atoms with Crippen molar-refractivity contribution in [3.05, 3.63) is 54.4 Å². The molecule has 0 radical (unpaired) electrons. The Morgan fingerprint density at radius 1 is 1.12 bits per heavy atom. The van der Waals surface area contributed by atoms with Gasteiger partial charge in [0.2, 0.25) is 5.88 Å². The Kier molecular flexibility index (Phi) is 4.24. The summed E-state index contributed by atoms with van der Waals surface area (Å²) in [6, 6.07) is 13.3. The second kappa shape index (κ2) is 6.57. The standard InChI is InChI=1S/C19H20N4O2S/c1-24-14-5-8-17-18(10-14)22-12-23-19(17)25-11-13-3-2-4-16(9-13)26(20,21)15-6-7-15/h2-5,8-10,12,15,20-21H,6-7,11H2,1H3. The second-order valence-electron chi connectivity index (χ2n) is 6.36. The fourth-order valence-electron chi connectivity index (χ4n) is 2.86. The molecule has 1 fully saturated rings. The Labute approximate surface area is 152 Å². The molecule has 0 aliphatic heterocycles. The molecule has 0 atom stereocenters. The van der Waals surface area contributed by atoms with Gasteiger partial charge in [0.1, 0.15) is 18.7 Å². The number of rotatable bonds is 6. The monoisotopic (exact) mass is 368 g/mol. The van der Waals surface area contributed by atoms with E-state index in [1.807, 2.05) is 42.5 Å². The van der Waals surface area contributed by atoms with E-state index in [-0.39, 0.29) is 5.25 Å². The van der Waals surface area contributed by atoms with Crippen molar-refractivity contribution in [2.75, 3.05) is 7.11 Å². The van der Waals surface area contributed by atoms with E-state index in [0.29, 0.717) is 12.5 Å². The normalized spacial score (nSPS) is 14.3. The van der Waals surface area contributed by atoms with E-state index in [1.54, 1.807) is 7.11 Å². The number of ether oxygens (including phenoxy) is 2. The summed E-state index contributed by atoms with van der Waals surface area (Å²) in [5.74, 6) is 1.25. The quantitative estimate of drug-likeness (QED) is 0.674. The van der Waals surface area contributed by atoms with Gasteiger partial charge in [0.05, 0.1) is 18.0 Å². The van der Waals surface area contributed by atoms with Crippen molar-refractivity contribution in [3.63, 3.8) is 0 Å². The van der Waals surface area contributed by atoms with Crippen molar-refractivity contribution in [1.29, 1.82) is 9.56 Å². The number of hydrogen-bond acceptors (Lipinski definition) is 6. The fraction of sp³-hybridized carbons (Fsp3) is 0.263. The molecule has 1 aliphatic carbocycles. The highest BCUT2D eigenvalue weighted by molar-refractivity contribution is 7.94. The maximum Gasteiger partial charge on any atom is 0.224 e. The van der Waals surface area contributed by atoms with Gasteiger partial charge < -0.3 is 9.47 Å². The van der Waals surface area contributed by atoms with Crippen LogP contribution in [0.4, 0.5) is 0 Å². The van der Waals surface area contributed by atoms with Gasteiger partial charge >= 0.3 is 0 Å². The van der Waals surface area contributed by atoms with Crippen LogP contribution in [0.5, 0.6) is 11.6 Å². The van der Waals surface area contributed by atoms with E-state index >= 15 is 0 Å². The second-order valence-corrected chi connectivity index (χ2v) is 8.81. The lowest BCUT2D eigenvalue weighted by Crippen LogP contribution is -2.05. The van der Waals surface area contributed by atoms with Crippen molar-refractivity contribution in [2.24, 2.45) is 0 Å². The largest absolute Gasteiger partial charge is 0.497 e. The van der Waals surface area contributed by atoms with Crippen LogP contribution in [0.2, 0.25) is 0 Å². The lowest BCUT2D eigenvalue weighted by molar-refractivity contribution is 0.297. The van der Waals surface area contributed by atoms with Gasteiger partial charge in [0, 0.05) is 16.2 Å². The third-order valence-electron chi connectivity index (χ3n) is 4.48. The average molecular weight is 368 g/mol. The molecule has 0 unspecified atom stereocenters. The molecule has 1 heterocycles. The minimum absolute atomic E-state index is 0.222. The maximum atomic E-state index is 8.40. The molecule has 6 nitrogen and oxygen atoms in total. The van der Waals surface area contributed by atoms with E-state index in [0.717, 1.165) is 40.0 Å². The lowest BCUT2D eigenvalue weighted by atomic mass is 10.2. The molecule has 1 aliphatic rings. The topological polar surface area (TPSA) is 91.9 Å². The van der Waals surface area contributed by atoms with Crippen molar-refractivity contribution in [2.45, 2.75) is 29.6 Å². The molecule has 1 aromatic heterocycles. The molecule has 2 N–H and O–H groups in total. The van der Waals surface area contributed by atoms with Crippen LogP contribution in [0.25, 0.3) is 10.9 Å². The number of aromatic nitrogens is 2. The van der Waals surface area contributed by atoms with Crippen LogP contribution in [0.1, 0.15) is 18.4 Å². The third kappa shape index (κ3) is 3.22. The van der Waals surface area contributed by atoms with Gasteiger partial charge in [-0.1, -0.05) is 12.1 Å². The summed E-state index contributed by atoms with van der Waals surface area (Å²) in [6.07, 6.45) is 3.47. The Bertz CT molecular complexity index is 1060. The average Bonchev–Trinajstić information content (AvgIpc) is 3.52. The molecule has 2 aromatic carbocycles. The number of methoxy groups -OCH3 is 1. The first-order valence-corrected chi connectivity index (χ1v) is 10.1. The van der Waals surface area contributed by atoms with Crippen LogP contribution in [0.3, 0.4) is 0 Å². The van der Waals surface area contributed by atoms with Gasteiger partial charge in [-0.3, -0.25) is 9.56 Å². The van der Waals surface area contributed by atoms with E-state index in [9.17, 15) is 0 Å². The molecule has 26 heavy (non-hydrogen) atoms. The molecule has 0 bridgehead atoms. The van der Waals surface area contributed by atoms with Gasteiger partial charge in [-0.2, -0.15) is 0 Å². The molecule has 1 saturated carbocycles. The van der Waals surface area contributed by atoms with E-state index in [2.05, 4.69) is 9.97 Å². The first kappa shape index (κ1) is 16.8. The number of hydrogen-bond donors (Lipinski definition) is 2. The van der Waals surface area contributed by atoms with Gasteiger partial charge in [-0.15, -0.1) is 0 Å². The van der Waals surface area contributed by atoms with Crippen LogP contribution >= 0.6 is 0 Å². The minimum atomic E-state index is -2.21. The summed E-state index contributed by atoms with van der Waals surface area (Å²) in [7, 11) is -0.589. The highest BCUT2D eigenvalue weighted by Crippen LogP contribution is 2.35. The molecule has 4 rings (SSSR count). The Morgan fingerprint density at radius 2 is 1.96 bits per heavy atom. The zero-order valence-electron chi connectivity index (χ0n) is 14.4. The predicted octanol–water partition coefficient (Wildman–Crippen LogP) is 4.42. The van der Waals surface area contributed by atoms with Crippen molar-refractivity contribution in [1.82, 2.24) is 9.97 Å². The third-order valence-corrected chi connectivity index (χ3v) is 6.95. The molecule has 7 heteroatoms. The molecule has 134 valence electrons. The van der Waals surface area contributed by atoms with Gasteiger partial charge in [0.25, 0.3) is 0 Å². The Balaban J connectivity index is 1.57. The number of nitrogens with one attached hydrogen (secondary N) is 2. The zero-order chi connectivity index (χ0) is 18.1. The smallest absolute Gasteiger partial charge is 0.224 e. The molecule has 0 amide bonds. The first-order chi connectivity index (χ1) is 12.6. The highest BCUT2D eigenvalue weighted by Gasteiger charge is 2.30. The number of fused-ring (bicyclic) bond motifs is 1. The van der Waals surface area contributed by atoms with Crippen LogP contribution in [0, 0.1) is 9.56 Å². The summed E-state index contributed by atoms with van der Waals surface area (Å²) in [4.78, 5) is 9.31. The molecule has 0 spiro atoms. The van der Waals surface area contributed by atoms with Gasteiger partial charge in [0.15, 0.2) is 0 Å². The highest BCUT2D eigenvalue weighted by atomic mass is 32.2. The fourth-order valence-corrected chi connectivity index (χ4v) is 4.71. The van der Waals surface area contributed by atoms with E-state index in [4.69, 9.17) is 19.0 Å². The number of benzene rings is 2. The molecule has 0 saturated heterocycles. The molecule has 3 aromatic rings.